The second kappa shape index (κ2) is 14.1. The van der Waals surface area contributed by atoms with Crippen molar-refractivity contribution in [2.75, 3.05) is 0 Å². The normalized spacial score (nSPS) is 16.2. The van der Waals surface area contributed by atoms with Crippen LogP contribution in [-0.2, 0) is 25.5 Å². The standard InChI is InChI=1S/C32H43N3O5/c1-31(2,3)40-27(36)20-21-32(4,35-28(37)24-16-10-6-11-17-24)30(39)34-26(22-23-14-8-5-9-15-23)29(38)33-25-18-12-7-13-19-25/h5-6,8-11,14-17,25-26H,7,12-13,18-22H2,1-4H3,(H,33,38)(H,34,39)(H,35,37)/t26-,32+/m0/s1. The van der Waals surface area contributed by atoms with Crippen molar-refractivity contribution < 1.29 is 23.9 Å². The number of benzene rings is 2. The Labute approximate surface area is 237 Å². The van der Waals surface area contributed by atoms with E-state index < -0.39 is 35.0 Å². The summed E-state index contributed by atoms with van der Waals surface area (Å²) in [6, 6.07) is 17.3. The average Bonchev–Trinajstić information content (AvgIpc) is 2.92. The highest BCUT2D eigenvalue weighted by atomic mass is 16.6. The van der Waals surface area contributed by atoms with Crippen LogP contribution in [0.15, 0.2) is 60.7 Å². The molecule has 1 aliphatic rings. The number of hydrogen-bond acceptors (Lipinski definition) is 5. The molecule has 0 bridgehead atoms. The Morgan fingerprint density at radius 3 is 2.08 bits per heavy atom. The third kappa shape index (κ3) is 9.81. The summed E-state index contributed by atoms with van der Waals surface area (Å²) in [5.41, 5.74) is -0.879. The van der Waals surface area contributed by atoms with Crippen molar-refractivity contribution in [2.45, 2.75) is 102 Å². The topological polar surface area (TPSA) is 114 Å². The second-order valence-electron chi connectivity index (χ2n) is 11.8. The average molecular weight is 550 g/mol. The van der Waals surface area contributed by atoms with Crippen molar-refractivity contribution in [3.8, 4) is 0 Å². The Hall–Kier alpha value is -3.68. The van der Waals surface area contributed by atoms with E-state index in [0.29, 0.717) is 12.0 Å². The summed E-state index contributed by atoms with van der Waals surface area (Å²) in [7, 11) is 0. The highest BCUT2D eigenvalue weighted by molar-refractivity contribution is 6.00. The van der Waals surface area contributed by atoms with Crippen molar-refractivity contribution in [1.82, 2.24) is 16.0 Å². The van der Waals surface area contributed by atoms with Gasteiger partial charge in [-0.05, 0) is 64.7 Å². The van der Waals surface area contributed by atoms with Gasteiger partial charge in [0.05, 0.1) is 0 Å². The third-order valence-corrected chi connectivity index (χ3v) is 7.03. The van der Waals surface area contributed by atoms with Crippen LogP contribution in [0.5, 0.6) is 0 Å². The Morgan fingerprint density at radius 1 is 0.875 bits per heavy atom. The van der Waals surface area contributed by atoms with Crippen LogP contribution in [0.2, 0.25) is 0 Å². The fourth-order valence-electron chi connectivity index (χ4n) is 4.81. The van der Waals surface area contributed by atoms with Gasteiger partial charge in [-0.1, -0.05) is 67.8 Å². The summed E-state index contributed by atoms with van der Waals surface area (Å²) in [5.74, 6) is -1.72. The number of carbonyl (C=O) groups is 4. The number of rotatable bonds is 11. The molecule has 40 heavy (non-hydrogen) atoms. The van der Waals surface area contributed by atoms with E-state index in [-0.39, 0.29) is 24.8 Å². The molecule has 0 aliphatic heterocycles. The maximum Gasteiger partial charge on any atom is 0.306 e. The molecule has 3 amide bonds. The van der Waals surface area contributed by atoms with E-state index >= 15 is 0 Å². The fourth-order valence-corrected chi connectivity index (χ4v) is 4.81. The van der Waals surface area contributed by atoms with Gasteiger partial charge in [-0.3, -0.25) is 19.2 Å². The van der Waals surface area contributed by atoms with E-state index in [1.807, 2.05) is 30.3 Å². The molecule has 2 atom stereocenters. The Morgan fingerprint density at radius 2 is 1.48 bits per heavy atom. The van der Waals surface area contributed by atoms with Crippen LogP contribution in [0.1, 0.15) is 88.6 Å². The highest BCUT2D eigenvalue weighted by Crippen LogP contribution is 2.20. The van der Waals surface area contributed by atoms with Gasteiger partial charge in [0, 0.05) is 24.4 Å². The molecule has 1 aliphatic carbocycles. The van der Waals surface area contributed by atoms with Gasteiger partial charge in [0.25, 0.3) is 5.91 Å². The number of amides is 3. The van der Waals surface area contributed by atoms with Gasteiger partial charge in [-0.25, -0.2) is 0 Å². The third-order valence-electron chi connectivity index (χ3n) is 7.03. The molecule has 2 aromatic carbocycles. The molecule has 8 heteroatoms. The summed E-state index contributed by atoms with van der Waals surface area (Å²) in [6.07, 6.45) is 5.32. The van der Waals surface area contributed by atoms with Crippen LogP contribution in [0.4, 0.5) is 0 Å². The molecule has 0 spiro atoms. The molecule has 0 aromatic heterocycles. The van der Waals surface area contributed by atoms with Crippen molar-refractivity contribution >= 4 is 23.7 Å². The van der Waals surface area contributed by atoms with Crippen LogP contribution in [-0.4, -0.2) is 46.9 Å². The first-order chi connectivity index (χ1) is 18.9. The van der Waals surface area contributed by atoms with Gasteiger partial charge in [0.1, 0.15) is 17.2 Å². The van der Waals surface area contributed by atoms with Crippen molar-refractivity contribution in [2.24, 2.45) is 0 Å². The van der Waals surface area contributed by atoms with E-state index in [0.717, 1.165) is 37.7 Å². The zero-order valence-corrected chi connectivity index (χ0v) is 24.1. The smallest absolute Gasteiger partial charge is 0.306 e. The SMILES string of the molecule is CC(C)(C)OC(=O)CC[C@@](C)(NC(=O)c1ccccc1)C(=O)N[C@@H](Cc1ccccc1)C(=O)NC1CCCCC1. The summed E-state index contributed by atoms with van der Waals surface area (Å²) in [6.45, 7) is 6.89. The summed E-state index contributed by atoms with van der Waals surface area (Å²) >= 11 is 0. The van der Waals surface area contributed by atoms with Crippen LogP contribution in [0.3, 0.4) is 0 Å². The van der Waals surface area contributed by atoms with E-state index in [4.69, 9.17) is 4.74 Å². The summed E-state index contributed by atoms with van der Waals surface area (Å²) in [5, 5.41) is 8.86. The lowest BCUT2D eigenvalue weighted by Gasteiger charge is -2.32. The van der Waals surface area contributed by atoms with E-state index in [1.165, 1.54) is 0 Å². The van der Waals surface area contributed by atoms with Gasteiger partial charge >= 0.3 is 5.97 Å². The predicted molar refractivity (Wildman–Crippen MR) is 154 cm³/mol. The molecule has 216 valence electrons. The molecular formula is C32H43N3O5. The van der Waals surface area contributed by atoms with Gasteiger partial charge in [0.2, 0.25) is 11.8 Å². The molecule has 3 N–H and O–H groups in total. The minimum atomic E-state index is -1.48. The number of ether oxygens (including phenoxy) is 1. The van der Waals surface area contributed by atoms with Crippen LogP contribution < -0.4 is 16.0 Å². The Kier molecular flexibility index (Phi) is 10.9. The molecule has 2 aromatic rings. The Balaban J connectivity index is 1.82. The molecule has 0 heterocycles. The minimum absolute atomic E-state index is 0.00534. The van der Waals surface area contributed by atoms with Crippen molar-refractivity contribution in [3.05, 3.63) is 71.8 Å². The van der Waals surface area contributed by atoms with Crippen LogP contribution >= 0.6 is 0 Å². The largest absolute Gasteiger partial charge is 0.460 e. The predicted octanol–water partition coefficient (Wildman–Crippen LogP) is 4.47. The first-order valence-electron chi connectivity index (χ1n) is 14.2. The Bertz CT molecular complexity index is 1140. The minimum Gasteiger partial charge on any atom is -0.460 e. The molecule has 3 rings (SSSR count). The molecule has 1 fully saturated rings. The van der Waals surface area contributed by atoms with Crippen molar-refractivity contribution in [1.29, 1.82) is 0 Å². The molecule has 1 saturated carbocycles. The van der Waals surface area contributed by atoms with Crippen molar-refractivity contribution in [3.63, 3.8) is 0 Å². The fraction of sp³-hybridized carbons (Fsp3) is 0.500. The van der Waals surface area contributed by atoms with Gasteiger partial charge < -0.3 is 20.7 Å². The molecule has 0 radical (unpaired) electrons. The monoisotopic (exact) mass is 549 g/mol. The lowest BCUT2D eigenvalue weighted by atomic mass is 9.92. The molecule has 0 saturated heterocycles. The molecule has 0 unspecified atom stereocenters. The maximum atomic E-state index is 13.9. The van der Waals surface area contributed by atoms with Crippen LogP contribution in [0.25, 0.3) is 0 Å². The van der Waals surface area contributed by atoms with Crippen LogP contribution in [0, 0.1) is 0 Å². The van der Waals surface area contributed by atoms with E-state index in [2.05, 4.69) is 16.0 Å². The summed E-state index contributed by atoms with van der Waals surface area (Å²) in [4.78, 5) is 53.0. The number of carbonyl (C=O) groups excluding carboxylic acids is 4. The van der Waals surface area contributed by atoms with E-state index in [1.54, 1.807) is 58.0 Å². The quantitative estimate of drug-likeness (QED) is 0.358. The molecular weight excluding hydrogens is 506 g/mol. The lowest BCUT2D eigenvalue weighted by molar-refractivity contribution is -0.155. The van der Waals surface area contributed by atoms with Gasteiger partial charge in [0.15, 0.2) is 0 Å². The number of esters is 1. The molecule has 8 nitrogen and oxygen atoms in total. The zero-order valence-electron chi connectivity index (χ0n) is 24.1. The number of nitrogens with one attached hydrogen (secondary N) is 3. The highest BCUT2D eigenvalue weighted by Gasteiger charge is 2.38. The summed E-state index contributed by atoms with van der Waals surface area (Å²) < 4.78 is 5.44. The second-order valence-corrected chi connectivity index (χ2v) is 11.8. The van der Waals surface area contributed by atoms with Gasteiger partial charge in [-0.2, -0.15) is 0 Å². The first-order valence-corrected chi connectivity index (χ1v) is 14.2. The zero-order chi connectivity index (χ0) is 29.2. The lowest BCUT2D eigenvalue weighted by Crippen LogP contribution is -2.61. The number of hydrogen-bond donors (Lipinski definition) is 3. The first kappa shape index (κ1) is 30.9. The van der Waals surface area contributed by atoms with E-state index in [9.17, 15) is 19.2 Å². The maximum absolute atomic E-state index is 13.9. The van der Waals surface area contributed by atoms with Gasteiger partial charge in [-0.15, -0.1) is 0 Å².